The Labute approximate surface area is 665 Å². The molecule has 0 fully saturated rings. The Morgan fingerprint density at radius 2 is 0.482 bits per heavy atom. The summed E-state index contributed by atoms with van der Waals surface area (Å²) in [7, 11) is 0. The lowest BCUT2D eigenvalue weighted by Crippen LogP contribution is -2.47. The molecule has 0 N–H and O–H groups in total. The zero-order chi connectivity index (χ0) is 77.5. The highest BCUT2D eigenvalue weighted by molar-refractivity contribution is 7.26. The third kappa shape index (κ3) is 10.2. The van der Waals surface area contributed by atoms with Crippen LogP contribution in [-0.4, -0.2) is 91.0 Å². The molecule has 0 bridgehead atoms. The number of benzene rings is 11. The van der Waals surface area contributed by atoms with Crippen molar-refractivity contribution < 1.29 is 38.4 Å². The second-order valence-electron chi connectivity index (χ2n) is 31.8. The van der Waals surface area contributed by atoms with Gasteiger partial charge in [0.15, 0.2) is 0 Å². The Morgan fingerprint density at radius 3 is 0.741 bits per heavy atom. The van der Waals surface area contributed by atoms with Gasteiger partial charge in [-0.1, -0.05) is 143 Å². The topological polar surface area (TPSA) is 150 Å². The van der Waals surface area contributed by atoms with Crippen LogP contribution in [0.1, 0.15) is 251 Å². The molecule has 112 heavy (non-hydrogen) atoms. The molecule has 8 heterocycles. The van der Waals surface area contributed by atoms with Crippen molar-refractivity contribution in [2.45, 2.75) is 196 Å². The van der Waals surface area contributed by atoms with Crippen molar-refractivity contribution in [1.29, 1.82) is 0 Å². The molecule has 15 aromatic rings. The molecular formula is C96H86N4O8S4. The molecule has 0 saturated heterocycles. The molecule has 4 aliphatic rings. The van der Waals surface area contributed by atoms with E-state index in [4.69, 9.17) is 0 Å². The van der Waals surface area contributed by atoms with E-state index in [0.29, 0.717) is 129 Å². The highest BCUT2D eigenvalue weighted by Crippen LogP contribution is 2.59. The average Bonchev–Trinajstić information content (AvgIpc) is 0.846. The fourth-order valence-corrected chi connectivity index (χ4v) is 25.0. The Kier molecular flexibility index (Phi) is 17.6. The van der Waals surface area contributed by atoms with Gasteiger partial charge in [0.1, 0.15) is 0 Å². The van der Waals surface area contributed by atoms with Gasteiger partial charge in [-0.2, -0.15) is 0 Å². The summed E-state index contributed by atoms with van der Waals surface area (Å²) >= 11 is 6.70. The number of hydrogen-bond donors (Lipinski definition) is 0. The number of imide groups is 4. The van der Waals surface area contributed by atoms with Gasteiger partial charge in [0.05, 0.1) is 11.1 Å². The van der Waals surface area contributed by atoms with Crippen LogP contribution in [0.4, 0.5) is 0 Å². The summed E-state index contributed by atoms with van der Waals surface area (Å²) in [6.07, 6.45) is 11.8. The molecule has 8 amide bonds. The first-order chi connectivity index (χ1) is 54.4. The van der Waals surface area contributed by atoms with Crippen LogP contribution in [0.2, 0.25) is 0 Å². The third-order valence-electron chi connectivity index (χ3n) is 25.0. The minimum atomic E-state index is -0.343. The third-order valence-corrected chi connectivity index (χ3v) is 29.4. The van der Waals surface area contributed by atoms with E-state index in [-0.39, 0.29) is 71.4 Å². The van der Waals surface area contributed by atoms with Gasteiger partial charge in [-0.05, 0) is 215 Å². The SMILES string of the molecule is CCCC(CCC)N1C(=O)c2ccc3c4ccc5c6c(c(-c7cc8c(-c9ccc(C)s9)c9sc(-c%10cc%11c%12ccc%13c%14c(ccc(c%15ccc%16c(c%10C(=O)N(C(CCC)CCC)C%16=O)c%15%11)c%14%12)C(=O)N(C(CCC)CCC)C%13=O)cc9c(-c9ccc(C)s9)c8s7)cc(c7ccc(c2c37)C1=O)c64)C(=O)N(C(CCC)CCC)C5=O. The van der Waals surface area contributed by atoms with Crippen LogP contribution in [0, 0.1) is 13.8 Å². The van der Waals surface area contributed by atoms with Gasteiger partial charge in [-0.3, -0.25) is 58.0 Å². The number of nitrogens with zero attached hydrogens (tertiary/aromatic N) is 4. The quantitative estimate of drug-likeness (QED) is 0.0330. The highest BCUT2D eigenvalue weighted by atomic mass is 32.1. The number of fused-ring (bicyclic) bond motifs is 6. The standard InChI is InChI=1S/C96H86N4O8S4/c1-11-19-49(20-12-2)97-89(101)59-35-29-53-55-31-39-63-83-77(55)65(57-33-37-61(91(97)103)79(59)75(53)57)43-67(85(83)95(107)99(93(63)105)51(23-15-5)24-16-6)73-45-69-81(71-41-27-47(9)109-71)88-70(82(87(69)111-73)72-42-28-48(10)110-72)46-74(112-88)68-44-66-58-34-38-62-80-60(90(102)98(92(62)104)50(21-13-3)22-14-4)36-30-54(76(58)80)56-32-40-64-84(78(56)66)86(68)96(108)100(94(64)106)52(25-17-7)26-18-8/h27-46,49-52H,11-26H2,1-10H3. The maximum absolute atomic E-state index is 16.5. The Bertz CT molecular complexity index is 6160. The van der Waals surface area contributed by atoms with E-state index in [1.807, 2.05) is 72.8 Å². The first-order valence-corrected chi connectivity index (χ1v) is 43.9. The average molecular weight is 1550 g/mol. The minimum Gasteiger partial charge on any atom is -0.271 e. The molecular weight excluding hydrogens is 1470 g/mol. The first-order valence-electron chi connectivity index (χ1n) is 40.6. The molecule has 562 valence electrons. The number of aryl methyl sites for hydroxylation is 2. The zero-order valence-corrected chi connectivity index (χ0v) is 68.1. The maximum Gasteiger partial charge on any atom is 0.262 e. The van der Waals surface area contributed by atoms with Gasteiger partial charge >= 0.3 is 0 Å². The molecule has 0 unspecified atom stereocenters. The van der Waals surface area contributed by atoms with Gasteiger partial charge < -0.3 is 0 Å². The van der Waals surface area contributed by atoms with Gasteiger partial charge in [0.2, 0.25) is 0 Å². The van der Waals surface area contributed by atoms with E-state index in [0.717, 1.165) is 177 Å². The Balaban J connectivity index is 0.899. The largest absolute Gasteiger partial charge is 0.271 e. The second-order valence-corrected chi connectivity index (χ2v) is 36.5. The molecule has 4 aliphatic heterocycles. The number of amides is 8. The van der Waals surface area contributed by atoms with Gasteiger partial charge in [-0.25, -0.2) is 0 Å². The summed E-state index contributed by atoms with van der Waals surface area (Å²) in [6.45, 7) is 21.0. The predicted molar refractivity (Wildman–Crippen MR) is 463 cm³/mol. The number of thiophene rings is 4. The van der Waals surface area contributed by atoms with E-state index in [1.165, 1.54) is 9.80 Å². The second kappa shape index (κ2) is 27.3. The van der Waals surface area contributed by atoms with E-state index < -0.39 is 0 Å². The lowest BCUT2D eigenvalue weighted by atomic mass is 9.80. The molecule has 0 aliphatic carbocycles. The van der Waals surface area contributed by atoms with E-state index in [9.17, 15) is 0 Å². The van der Waals surface area contributed by atoms with Gasteiger partial charge in [-0.15, -0.1) is 45.3 Å². The molecule has 0 saturated carbocycles. The molecule has 0 atom stereocenters. The summed E-state index contributed by atoms with van der Waals surface area (Å²) < 4.78 is 1.99. The number of rotatable bonds is 24. The number of carbonyl (C=O) groups excluding carboxylic acids is 8. The van der Waals surface area contributed by atoms with E-state index >= 15 is 38.4 Å². The molecule has 4 aromatic heterocycles. The molecule has 12 nitrogen and oxygen atoms in total. The fourth-order valence-electron chi connectivity index (χ4n) is 20.4. The van der Waals surface area contributed by atoms with Crippen molar-refractivity contribution in [2.24, 2.45) is 0 Å². The Morgan fingerprint density at radius 1 is 0.232 bits per heavy atom. The molecule has 16 heteroatoms. The van der Waals surface area contributed by atoms with Crippen LogP contribution >= 0.6 is 45.3 Å². The van der Waals surface area contributed by atoms with Crippen LogP contribution in [-0.2, 0) is 0 Å². The summed E-state index contributed by atoms with van der Waals surface area (Å²) in [5.74, 6) is -2.42. The van der Waals surface area contributed by atoms with Crippen molar-refractivity contribution in [1.82, 2.24) is 19.6 Å². The maximum atomic E-state index is 16.5. The highest BCUT2D eigenvalue weighted by Gasteiger charge is 2.46. The van der Waals surface area contributed by atoms with Crippen molar-refractivity contribution in [2.75, 3.05) is 0 Å². The monoisotopic (exact) mass is 1550 g/mol. The molecule has 0 radical (unpaired) electrons. The van der Waals surface area contributed by atoms with Crippen molar-refractivity contribution in [3.63, 3.8) is 0 Å². The van der Waals surface area contributed by atoms with Crippen molar-refractivity contribution in [3.8, 4) is 41.8 Å². The Hall–Kier alpha value is -10.1. The van der Waals surface area contributed by atoms with Crippen LogP contribution in [0.25, 0.3) is 148 Å². The summed E-state index contributed by atoms with van der Waals surface area (Å²) in [5, 5.41) is 14.2. The lowest BCUT2D eigenvalue weighted by Gasteiger charge is -2.36. The zero-order valence-electron chi connectivity index (χ0n) is 64.9. The first kappa shape index (κ1) is 72.2. The predicted octanol–water partition coefficient (Wildman–Crippen LogP) is 25.9. The molecule has 11 aromatic carbocycles. The normalized spacial score (nSPS) is 14.8. The number of hydrogen-bond acceptors (Lipinski definition) is 12. The van der Waals surface area contributed by atoms with Crippen LogP contribution in [0.3, 0.4) is 0 Å². The van der Waals surface area contributed by atoms with E-state index in [1.54, 1.807) is 55.1 Å². The summed E-state index contributed by atoms with van der Waals surface area (Å²) in [5.41, 5.74) is 7.24. The van der Waals surface area contributed by atoms with E-state index in [2.05, 4.69) is 118 Å². The van der Waals surface area contributed by atoms with Crippen LogP contribution < -0.4 is 0 Å². The lowest BCUT2D eigenvalue weighted by molar-refractivity contribution is 0.0505. The summed E-state index contributed by atoms with van der Waals surface area (Å²) in [4.78, 5) is 137. The van der Waals surface area contributed by atoms with Gasteiger partial charge in [0, 0.05) is 151 Å². The smallest absolute Gasteiger partial charge is 0.262 e. The van der Waals surface area contributed by atoms with Gasteiger partial charge in [0.25, 0.3) is 47.3 Å². The van der Waals surface area contributed by atoms with Crippen molar-refractivity contribution >= 4 is 199 Å². The molecule has 19 rings (SSSR count). The minimum absolute atomic E-state index is 0.241. The van der Waals surface area contributed by atoms with Crippen LogP contribution in [0.5, 0.6) is 0 Å². The fraction of sp³-hybridized carbons (Fsp3) is 0.312. The number of carbonyl (C=O) groups is 8. The van der Waals surface area contributed by atoms with Crippen LogP contribution in [0.15, 0.2) is 121 Å². The van der Waals surface area contributed by atoms with Crippen molar-refractivity contribution in [3.05, 3.63) is 176 Å². The summed E-state index contributed by atoms with van der Waals surface area (Å²) in [6, 6.07) is 39.9. The molecule has 0 spiro atoms.